The molecule has 1 aromatic carbocycles. The Kier molecular flexibility index (Phi) is 7.53. The first-order valence-electron chi connectivity index (χ1n) is 9.94. The van der Waals surface area contributed by atoms with E-state index in [0.717, 1.165) is 37.7 Å². The summed E-state index contributed by atoms with van der Waals surface area (Å²) in [5.41, 5.74) is 1.51. The Balaban J connectivity index is 1.78. The number of methoxy groups -OCH3 is 2. The van der Waals surface area contributed by atoms with Crippen molar-refractivity contribution < 1.29 is 34.3 Å². The van der Waals surface area contributed by atoms with Crippen molar-refractivity contribution in [2.24, 2.45) is 5.92 Å². The third kappa shape index (κ3) is 4.93. The number of benzene rings is 1. The second-order valence-electron chi connectivity index (χ2n) is 7.91. The van der Waals surface area contributed by atoms with Crippen LogP contribution in [-0.4, -0.2) is 66.0 Å². The lowest BCUT2D eigenvalue weighted by Crippen LogP contribution is -2.56. The van der Waals surface area contributed by atoms with Crippen molar-refractivity contribution in [3.8, 4) is 0 Å². The molecule has 0 amide bonds. The quantitative estimate of drug-likeness (QED) is 0.614. The molecule has 5 atom stereocenters. The lowest BCUT2D eigenvalue weighted by atomic mass is 9.82. The normalized spacial score (nSPS) is 35.3. The minimum absolute atomic E-state index is 0.321. The Morgan fingerprint density at radius 2 is 1.79 bits per heavy atom. The van der Waals surface area contributed by atoms with Gasteiger partial charge in [-0.3, -0.25) is 0 Å². The minimum Gasteiger partial charge on any atom is -0.467 e. The van der Waals surface area contributed by atoms with Gasteiger partial charge in [0.05, 0.1) is 13.2 Å². The van der Waals surface area contributed by atoms with Gasteiger partial charge in [-0.1, -0.05) is 23.7 Å². The lowest BCUT2D eigenvalue weighted by molar-refractivity contribution is -0.231. The highest BCUT2D eigenvalue weighted by atomic mass is 35.5. The zero-order chi connectivity index (χ0) is 21.1. The van der Waals surface area contributed by atoms with Gasteiger partial charge in [0, 0.05) is 12.1 Å². The molecule has 3 rings (SSSR count). The maximum atomic E-state index is 11.9. The van der Waals surface area contributed by atoms with Crippen molar-refractivity contribution in [1.29, 1.82) is 0 Å². The predicted octanol–water partition coefficient (Wildman–Crippen LogP) is 1.78. The summed E-state index contributed by atoms with van der Waals surface area (Å²) in [5, 5.41) is 31.3. The van der Waals surface area contributed by atoms with E-state index in [9.17, 15) is 20.1 Å². The number of hydrogen-bond acceptors (Lipinski definition) is 7. The van der Waals surface area contributed by atoms with Crippen molar-refractivity contribution in [3.63, 3.8) is 0 Å². The SMILES string of the molecule is COC(=O)C1O[C@@H](c2ccc(Cl)c(CC3CCC(OC)CC3)c2)[C@H](O)C(O)[C@@H]1O. The van der Waals surface area contributed by atoms with Crippen LogP contribution < -0.4 is 0 Å². The molecule has 0 aromatic heterocycles. The van der Waals surface area contributed by atoms with E-state index in [0.29, 0.717) is 22.6 Å². The van der Waals surface area contributed by atoms with Crippen molar-refractivity contribution >= 4 is 17.6 Å². The van der Waals surface area contributed by atoms with Crippen LogP contribution in [0.3, 0.4) is 0 Å². The molecule has 162 valence electrons. The molecule has 1 aromatic rings. The molecule has 3 N–H and O–H groups in total. The molecule has 1 aliphatic heterocycles. The number of carbonyl (C=O) groups is 1. The van der Waals surface area contributed by atoms with Gasteiger partial charge in [-0.25, -0.2) is 4.79 Å². The highest BCUT2D eigenvalue weighted by Gasteiger charge is 2.47. The van der Waals surface area contributed by atoms with Crippen LogP contribution in [-0.2, 0) is 25.4 Å². The number of aliphatic hydroxyl groups excluding tert-OH is 3. The van der Waals surface area contributed by atoms with E-state index in [1.807, 2.05) is 6.07 Å². The summed E-state index contributed by atoms with van der Waals surface area (Å²) in [5.74, 6) is -0.320. The van der Waals surface area contributed by atoms with E-state index in [-0.39, 0.29) is 0 Å². The van der Waals surface area contributed by atoms with Gasteiger partial charge in [0.15, 0.2) is 6.10 Å². The van der Waals surface area contributed by atoms with Crippen molar-refractivity contribution in [2.45, 2.75) is 68.7 Å². The number of carbonyl (C=O) groups excluding carboxylic acids is 1. The summed E-state index contributed by atoms with van der Waals surface area (Å²) < 4.78 is 15.7. The summed E-state index contributed by atoms with van der Waals surface area (Å²) in [6.45, 7) is 0. The summed E-state index contributed by atoms with van der Waals surface area (Å²) >= 11 is 6.41. The van der Waals surface area contributed by atoms with Crippen LogP contribution in [0.2, 0.25) is 5.02 Å². The Labute approximate surface area is 175 Å². The van der Waals surface area contributed by atoms with Crippen molar-refractivity contribution in [1.82, 2.24) is 0 Å². The minimum atomic E-state index is -1.57. The number of hydrogen-bond donors (Lipinski definition) is 3. The van der Waals surface area contributed by atoms with Gasteiger partial charge in [-0.15, -0.1) is 0 Å². The average molecular weight is 429 g/mol. The van der Waals surface area contributed by atoms with Gasteiger partial charge in [0.25, 0.3) is 0 Å². The molecule has 0 spiro atoms. The van der Waals surface area contributed by atoms with E-state index in [4.69, 9.17) is 21.1 Å². The summed E-state index contributed by atoms with van der Waals surface area (Å²) in [6, 6.07) is 5.27. The molecule has 2 unspecified atom stereocenters. The second kappa shape index (κ2) is 9.73. The second-order valence-corrected chi connectivity index (χ2v) is 8.31. The summed E-state index contributed by atoms with van der Waals surface area (Å²) in [7, 11) is 2.91. The Morgan fingerprint density at radius 3 is 2.41 bits per heavy atom. The molecular weight excluding hydrogens is 400 g/mol. The van der Waals surface area contributed by atoms with E-state index < -0.39 is 36.5 Å². The zero-order valence-electron chi connectivity index (χ0n) is 16.7. The van der Waals surface area contributed by atoms with E-state index in [1.165, 1.54) is 7.11 Å². The maximum absolute atomic E-state index is 11.9. The molecule has 1 aliphatic carbocycles. The van der Waals surface area contributed by atoms with Crippen LogP contribution in [0, 0.1) is 5.92 Å². The molecule has 1 saturated carbocycles. The molecular formula is C21H29ClO7. The van der Waals surface area contributed by atoms with Crippen LogP contribution >= 0.6 is 11.6 Å². The monoisotopic (exact) mass is 428 g/mol. The topological polar surface area (TPSA) is 105 Å². The number of ether oxygens (including phenoxy) is 3. The molecule has 8 heteroatoms. The van der Waals surface area contributed by atoms with E-state index in [1.54, 1.807) is 19.2 Å². The highest BCUT2D eigenvalue weighted by molar-refractivity contribution is 6.31. The fraction of sp³-hybridized carbons (Fsp3) is 0.667. The molecule has 2 aliphatic rings. The van der Waals surface area contributed by atoms with Crippen LogP contribution in [0.15, 0.2) is 18.2 Å². The standard InChI is InChI=1S/C21H29ClO7/c1-27-14-6-3-11(4-7-14)9-13-10-12(5-8-15(13)22)19-17(24)16(23)18(25)20(29-19)21(26)28-2/h5,8,10-11,14,16-20,23-25H,3-4,6-7,9H2,1-2H3/t11?,14?,16?,17-,18+,19+,20?/m1/s1. The van der Waals surface area contributed by atoms with Crippen LogP contribution in [0.25, 0.3) is 0 Å². The smallest absolute Gasteiger partial charge is 0.337 e. The molecule has 7 nitrogen and oxygen atoms in total. The lowest BCUT2D eigenvalue weighted by Gasteiger charge is -2.39. The number of halogens is 1. The maximum Gasteiger partial charge on any atom is 0.337 e. The first-order chi connectivity index (χ1) is 13.8. The molecule has 1 saturated heterocycles. The van der Waals surface area contributed by atoms with Crippen LogP contribution in [0.4, 0.5) is 0 Å². The largest absolute Gasteiger partial charge is 0.467 e. The predicted molar refractivity (Wildman–Crippen MR) is 106 cm³/mol. The zero-order valence-corrected chi connectivity index (χ0v) is 17.4. The molecule has 0 bridgehead atoms. The van der Waals surface area contributed by atoms with E-state index >= 15 is 0 Å². The van der Waals surface area contributed by atoms with Gasteiger partial charge in [-0.05, 0) is 55.2 Å². The van der Waals surface area contributed by atoms with E-state index in [2.05, 4.69) is 4.74 Å². The van der Waals surface area contributed by atoms with Crippen LogP contribution in [0.1, 0.15) is 42.9 Å². The summed E-state index contributed by atoms with van der Waals surface area (Å²) in [6.07, 6.45) is -1.62. The van der Waals surface area contributed by atoms with Gasteiger partial charge in [0.2, 0.25) is 0 Å². The molecule has 2 fully saturated rings. The highest BCUT2D eigenvalue weighted by Crippen LogP contribution is 2.36. The molecule has 0 radical (unpaired) electrons. The summed E-state index contributed by atoms with van der Waals surface area (Å²) in [4.78, 5) is 11.9. The van der Waals surface area contributed by atoms with Crippen molar-refractivity contribution in [2.75, 3.05) is 14.2 Å². The number of aliphatic hydroxyl groups is 3. The van der Waals surface area contributed by atoms with Crippen LogP contribution in [0.5, 0.6) is 0 Å². The third-order valence-electron chi connectivity index (χ3n) is 6.08. The van der Waals surface area contributed by atoms with Gasteiger partial charge in [-0.2, -0.15) is 0 Å². The fourth-order valence-corrected chi connectivity index (χ4v) is 4.47. The first-order valence-corrected chi connectivity index (χ1v) is 10.3. The fourth-order valence-electron chi connectivity index (χ4n) is 4.28. The first kappa shape index (κ1) is 22.5. The Hall–Kier alpha value is -1.22. The number of rotatable bonds is 5. The Bertz CT molecular complexity index is 704. The Morgan fingerprint density at radius 1 is 1.10 bits per heavy atom. The molecule has 1 heterocycles. The third-order valence-corrected chi connectivity index (χ3v) is 6.45. The van der Waals surface area contributed by atoms with Crippen molar-refractivity contribution in [3.05, 3.63) is 34.3 Å². The van der Waals surface area contributed by atoms with Gasteiger partial charge >= 0.3 is 5.97 Å². The number of esters is 1. The average Bonchev–Trinajstić information content (AvgIpc) is 2.74. The van der Waals surface area contributed by atoms with Gasteiger partial charge in [0.1, 0.15) is 24.4 Å². The molecule has 29 heavy (non-hydrogen) atoms. The van der Waals surface area contributed by atoms with Gasteiger partial charge < -0.3 is 29.5 Å².